The summed E-state index contributed by atoms with van der Waals surface area (Å²) < 4.78 is 1.97. The zero-order valence-corrected chi connectivity index (χ0v) is 16.1. The first-order valence-electron chi connectivity index (χ1n) is 9.52. The molecule has 3 aromatic rings. The normalized spacial score (nSPS) is 16.3. The lowest BCUT2D eigenvalue weighted by Gasteiger charge is -2.13. The second kappa shape index (κ2) is 7.79. The van der Waals surface area contributed by atoms with Crippen LogP contribution in [0, 0.1) is 0 Å². The molecule has 4 amide bonds. The van der Waals surface area contributed by atoms with Gasteiger partial charge in [-0.1, -0.05) is 36.4 Å². The molecule has 0 aliphatic carbocycles. The number of aromatic nitrogens is 1. The molecule has 1 aromatic heterocycles. The molecule has 0 spiro atoms. The maximum atomic E-state index is 12.6. The molecule has 148 valence electrons. The highest BCUT2D eigenvalue weighted by Gasteiger charge is 2.38. The molecule has 7 nitrogen and oxygen atoms in total. The molecule has 2 aromatic carbocycles. The first kappa shape index (κ1) is 18.7. The monoisotopic (exact) mass is 390 g/mol. The first-order valence-corrected chi connectivity index (χ1v) is 9.52. The minimum atomic E-state index is -0.836. The SMILES string of the molecule is Cn1ccc2ccc(NC(=O)C[C@@H]3NC(=O)N(CCc4ccccc4)C3=O)cc21. The van der Waals surface area contributed by atoms with E-state index in [0.29, 0.717) is 12.1 Å². The van der Waals surface area contributed by atoms with Gasteiger partial charge in [-0.3, -0.25) is 14.5 Å². The first-order chi connectivity index (χ1) is 14.0. The van der Waals surface area contributed by atoms with E-state index in [1.54, 1.807) is 0 Å². The van der Waals surface area contributed by atoms with Crippen molar-refractivity contribution in [2.45, 2.75) is 18.9 Å². The fourth-order valence-electron chi connectivity index (χ4n) is 3.55. The molecule has 1 aliphatic heterocycles. The van der Waals surface area contributed by atoms with E-state index in [2.05, 4.69) is 10.6 Å². The van der Waals surface area contributed by atoms with E-state index >= 15 is 0 Å². The minimum absolute atomic E-state index is 0.0996. The number of carbonyl (C=O) groups excluding carboxylic acids is 3. The summed E-state index contributed by atoms with van der Waals surface area (Å²) in [4.78, 5) is 38.3. The number of nitrogens with zero attached hydrogens (tertiary/aromatic N) is 2. The van der Waals surface area contributed by atoms with E-state index in [4.69, 9.17) is 0 Å². The number of hydrogen-bond acceptors (Lipinski definition) is 3. The number of anilines is 1. The van der Waals surface area contributed by atoms with Crippen LogP contribution in [0.2, 0.25) is 0 Å². The summed E-state index contributed by atoms with van der Waals surface area (Å²) in [6.45, 7) is 0.289. The van der Waals surface area contributed by atoms with Gasteiger partial charge in [0.1, 0.15) is 6.04 Å². The van der Waals surface area contributed by atoms with Gasteiger partial charge in [-0.25, -0.2) is 4.79 Å². The number of rotatable bonds is 6. The molecule has 1 saturated heterocycles. The molecule has 1 fully saturated rings. The molecule has 7 heteroatoms. The number of urea groups is 1. The van der Waals surface area contributed by atoms with Crippen molar-refractivity contribution in [1.29, 1.82) is 0 Å². The van der Waals surface area contributed by atoms with E-state index in [1.165, 1.54) is 4.90 Å². The average molecular weight is 390 g/mol. The zero-order valence-electron chi connectivity index (χ0n) is 16.1. The molecule has 0 bridgehead atoms. The van der Waals surface area contributed by atoms with Crippen molar-refractivity contribution < 1.29 is 14.4 Å². The zero-order chi connectivity index (χ0) is 20.4. The molecule has 1 aliphatic rings. The van der Waals surface area contributed by atoms with Gasteiger partial charge in [0.2, 0.25) is 5.91 Å². The Morgan fingerprint density at radius 2 is 1.90 bits per heavy atom. The molecule has 29 heavy (non-hydrogen) atoms. The van der Waals surface area contributed by atoms with Gasteiger partial charge in [0.25, 0.3) is 5.91 Å². The van der Waals surface area contributed by atoms with Gasteiger partial charge in [-0.2, -0.15) is 0 Å². The van der Waals surface area contributed by atoms with Crippen LogP contribution < -0.4 is 10.6 Å². The number of fused-ring (bicyclic) bond motifs is 1. The lowest BCUT2D eigenvalue weighted by Crippen LogP contribution is -2.34. The summed E-state index contributed by atoms with van der Waals surface area (Å²) in [6, 6.07) is 16.0. The van der Waals surface area contributed by atoms with E-state index < -0.39 is 12.1 Å². The highest BCUT2D eigenvalue weighted by Crippen LogP contribution is 2.20. The highest BCUT2D eigenvalue weighted by atomic mass is 16.2. The van der Waals surface area contributed by atoms with E-state index in [9.17, 15) is 14.4 Å². The Bertz CT molecular complexity index is 1070. The van der Waals surface area contributed by atoms with E-state index in [-0.39, 0.29) is 24.8 Å². The van der Waals surface area contributed by atoms with Crippen molar-refractivity contribution in [3.05, 3.63) is 66.4 Å². The molecule has 2 N–H and O–H groups in total. The van der Waals surface area contributed by atoms with Gasteiger partial charge in [0, 0.05) is 31.0 Å². The van der Waals surface area contributed by atoms with Crippen molar-refractivity contribution >= 4 is 34.4 Å². The van der Waals surface area contributed by atoms with Crippen LogP contribution in [0.15, 0.2) is 60.8 Å². The third-order valence-electron chi connectivity index (χ3n) is 5.14. The van der Waals surface area contributed by atoms with Gasteiger partial charge in [-0.15, -0.1) is 0 Å². The summed E-state index contributed by atoms with van der Waals surface area (Å²) in [5, 5.41) is 6.51. The highest BCUT2D eigenvalue weighted by molar-refractivity contribution is 6.07. The van der Waals surface area contributed by atoms with Crippen molar-refractivity contribution in [3.63, 3.8) is 0 Å². The maximum Gasteiger partial charge on any atom is 0.324 e. The molecule has 4 rings (SSSR count). The molecular weight excluding hydrogens is 368 g/mol. The lowest BCUT2D eigenvalue weighted by molar-refractivity contribution is -0.129. The molecule has 0 unspecified atom stereocenters. The minimum Gasteiger partial charge on any atom is -0.350 e. The van der Waals surface area contributed by atoms with Crippen molar-refractivity contribution in [2.75, 3.05) is 11.9 Å². The topological polar surface area (TPSA) is 83.4 Å². The summed E-state index contributed by atoms with van der Waals surface area (Å²) >= 11 is 0. The van der Waals surface area contributed by atoms with Crippen LogP contribution >= 0.6 is 0 Å². The fourth-order valence-corrected chi connectivity index (χ4v) is 3.55. The van der Waals surface area contributed by atoms with Gasteiger partial charge >= 0.3 is 6.03 Å². The summed E-state index contributed by atoms with van der Waals surface area (Å²) in [5.41, 5.74) is 2.70. The second-order valence-electron chi connectivity index (χ2n) is 7.18. The molecule has 0 radical (unpaired) electrons. The fraction of sp³-hybridized carbons (Fsp3) is 0.227. The Morgan fingerprint density at radius 1 is 1.10 bits per heavy atom. The number of nitrogens with one attached hydrogen (secondary N) is 2. The third-order valence-corrected chi connectivity index (χ3v) is 5.14. The van der Waals surface area contributed by atoms with Crippen molar-refractivity contribution in [1.82, 2.24) is 14.8 Å². The van der Waals surface area contributed by atoms with Crippen molar-refractivity contribution in [3.8, 4) is 0 Å². The van der Waals surface area contributed by atoms with E-state index in [0.717, 1.165) is 16.5 Å². The van der Waals surface area contributed by atoms with Gasteiger partial charge in [-0.05, 0) is 35.6 Å². The Hall–Kier alpha value is -3.61. The summed E-state index contributed by atoms with van der Waals surface area (Å²) in [5.74, 6) is -0.680. The predicted octanol–water partition coefficient (Wildman–Crippen LogP) is 2.67. The lowest BCUT2D eigenvalue weighted by atomic mass is 10.1. The smallest absolute Gasteiger partial charge is 0.324 e. The molecule has 2 heterocycles. The third kappa shape index (κ3) is 3.99. The Labute approximate surface area is 168 Å². The molecular formula is C22H22N4O3. The van der Waals surface area contributed by atoms with Crippen LogP contribution in [0.3, 0.4) is 0 Å². The number of imide groups is 1. The Kier molecular flexibility index (Phi) is 5.03. The Balaban J connectivity index is 1.36. The standard InChI is InChI=1S/C22H22N4O3/c1-25-11-10-16-7-8-17(13-19(16)25)23-20(27)14-18-21(28)26(22(29)24-18)12-9-15-5-3-2-4-6-15/h2-8,10-11,13,18H,9,12,14H2,1H3,(H,23,27)(H,24,29)/t18-/m0/s1. The van der Waals surface area contributed by atoms with Crippen LogP contribution in [0.5, 0.6) is 0 Å². The number of amides is 4. The summed E-state index contributed by atoms with van der Waals surface area (Å²) in [7, 11) is 1.94. The number of benzene rings is 2. The van der Waals surface area contributed by atoms with Crippen LogP contribution in [-0.4, -0.2) is 39.9 Å². The van der Waals surface area contributed by atoms with E-state index in [1.807, 2.05) is 72.4 Å². The van der Waals surface area contributed by atoms with Crippen LogP contribution in [-0.2, 0) is 23.1 Å². The maximum absolute atomic E-state index is 12.6. The number of aryl methyl sites for hydroxylation is 1. The number of hydrogen-bond donors (Lipinski definition) is 2. The molecule has 0 saturated carbocycles. The predicted molar refractivity (Wildman–Crippen MR) is 110 cm³/mol. The van der Waals surface area contributed by atoms with Crippen molar-refractivity contribution in [2.24, 2.45) is 7.05 Å². The van der Waals surface area contributed by atoms with Gasteiger partial charge in [0.15, 0.2) is 0 Å². The largest absolute Gasteiger partial charge is 0.350 e. The van der Waals surface area contributed by atoms with Crippen LogP contribution in [0.25, 0.3) is 10.9 Å². The van der Waals surface area contributed by atoms with Gasteiger partial charge in [0.05, 0.1) is 6.42 Å². The quantitative estimate of drug-likeness (QED) is 0.635. The average Bonchev–Trinajstić information content (AvgIpc) is 3.20. The number of carbonyl (C=O) groups is 3. The summed E-state index contributed by atoms with van der Waals surface area (Å²) in [6.07, 6.45) is 2.43. The van der Waals surface area contributed by atoms with Gasteiger partial charge < -0.3 is 15.2 Å². The second-order valence-corrected chi connectivity index (χ2v) is 7.18. The van der Waals surface area contributed by atoms with Crippen LogP contribution in [0.4, 0.5) is 10.5 Å². The molecule has 1 atom stereocenters. The van der Waals surface area contributed by atoms with Crippen LogP contribution in [0.1, 0.15) is 12.0 Å². The Morgan fingerprint density at radius 3 is 2.69 bits per heavy atom.